The summed E-state index contributed by atoms with van der Waals surface area (Å²) in [6, 6.07) is 15.9. The van der Waals surface area contributed by atoms with Gasteiger partial charge in [0.05, 0.1) is 12.1 Å². The highest BCUT2D eigenvalue weighted by atomic mass is 16.5. The van der Waals surface area contributed by atoms with E-state index in [4.69, 9.17) is 4.74 Å². The van der Waals surface area contributed by atoms with E-state index >= 15 is 0 Å². The maximum atomic E-state index is 11.3. The molecule has 0 radical (unpaired) electrons. The Morgan fingerprint density at radius 2 is 1.86 bits per heavy atom. The van der Waals surface area contributed by atoms with E-state index in [-0.39, 0.29) is 5.69 Å². The summed E-state index contributed by atoms with van der Waals surface area (Å²) < 4.78 is 5.75. The van der Waals surface area contributed by atoms with E-state index in [0.717, 1.165) is 30.5 Å². The van der Waals surface area contributed by atoms with Crippen LogP contribution in [0.5, 0.6) is 5.75 Å². The molecule has 1 aromatic heterocycles. The number of hydrogen-bond acceptors (Lipinski definition) is 3. The van der Waals surface area contributed by atoms with Gasteiger partial charge in [-0.1, -0.05) is 36.4 Å². The summed E-state index contributed by atoms with van der Waals surface area (Å²) in [5.74, 6) is 0.707. The molecule has 114 valence electrons. The maximum absolute atomic E-state index is 11.3. The van der Waals surface area contributed by atoms with Gasteiger partial charge < -0.3 is 20.0 Å². The first-order valence-electron chi connectivity index (χ1n) is 7.41. The van der Waals surface area contributed by atoms with Gasteiger partial charge in [-0.2, -0.15) is 0 Å². The molecule has 0 saturated carbocycles. The monoisotopic (exact) mass is 297 g/mol. The van der Waals surface area contributed by atoms with Crippen molar-refractivity contribution >= 4 is 11.0 Å². The molecular formula is C17H19N3O2. The van der Waals surface area contributed by atoms with Gasteiger partial charge in [0.25, 0.3) is 0 Å². The quantitative estimate of drug-likeness (QED) is 0.587. The van der Waals surface area contributed by atoms with Crippen LogP contribution in [0.25, 0.3) is 11.0 Å². The van der Waals surface area contributed by atoms with Crippen molar-refractivity contribution < 1.29 is 4.74 Å². The Kier molecular flexibility index (Phi) is 4.56. The minimum atomic E-state index is -0.212. The van der Waals surface area contributed by atoms with Gasteiger partial charge in [-0.05, 0) is 30.7 Å². The first-order chi connectivity index (χ1) is 10.8. The van der Waals surface area contributed by atoms with Gasteiger partial charge >= 0.3 is 5.69 Å². The number of aromatic nitrogens is 2. The van der Waals surface area contributed by atoms with Gasteiger partial charge in [-0.25, -0.2) is 4.79 Å². The highest BCUT2D eigenvalue weighted by molar-refractivity contribution is 5.80. The first-order valence-corrected chi connectivity index (χ1v) is 7.41. The molecule has 1 heterocycles. The summed E-state index contributed by atoms with van der Waals surface area (Å²) >= 11 is 0. The zero-order chi connectivity index (χ0) is 15.2. The molecule has 22 heavy (non-hydrogen) atoms. The van der Waals surface area contributed by atoms with Crippen LogP contribution in [0, 0.1) is 0 Å². The van der Waals surface area contributed by atoms with Gasteiger partial charge in [0.2, 0.25) is 0 Å². The van der Waals surface area contributed by atoms with E-state index in [2.05, 4.69) is 27.4 Å². The van der Waals surface area contributed by atoms with E-state index in [1.807, 2.05) is 36.4 Å². The molecule has 0 aliphatic carbocycles. The Balaban J connectivity index is 1.44. The van der Waals surface area contributed by atoms with Crippen molar-refractivity contribution in [2.24, 2.45) is 0 Å². The molecule has 0 atom stereocenters. The van der Waals surface area contributed by atoms with E-state index in [9.17, 15) is 4.79 Å². The van der Waals surface area contributed by atoms with E-state index < -0.39 is 0 Å². The predicted molar refractivity (Wildman–Crippen MR) is 87.2 cm³/mol. The van der Waals surface area contributed by atoms with Gasteiger partial charge in [0.15, 0.2) is 0 Å². The van der Waals surface area contributed by atoms with Gasteiger partial charge in [0.1, 0.15) is 11.3 Å². The molecule has 0 fully saturated rings. The van der Waals surface area contributed by atoms with Crippen molar-refractivity contribution in [1.29, 1.82) is 0 Å². The zero-order valence-electron chi connectivity index (χ0n) is 12.3. The zero-order valence-corrected chi connectivity index (χ0v) is 12.3. The fraction of sp³-hybridized carbons (Fsp3) is 0.235. The number of hydrogen-bond donors (Lipinski definition) is 3. The molecule has 0 aliphatic heterocycles. The van der Waals surface area contributed by atoms with Gasteiger partial charge in [0, 0.05) is 6.54 Å². The minimum absolute atomic E-state index is 0.212. The molecule has 0 unspecified atom stereocenters. The Morgan fingerprint density at radius 1 is 1.00 bits per heavy atom. The minimum Gasteiger partial charge on any atom is -0.491 e. The number of ether oxygens (including phenoxy) is 1. The number of imidazole rings is 1. The molecule has 5 heteroatoms. The molecule has 0 bridgehead atoms. The van der Waals surface area contributed by atoms with Crippen molar-refractivity contribution in [2.45, 2.75) is 13.0 Å². The highest BCUT2D eigenvalue weighted by Crippen LogP contribution is 2.20. The van der Waals surface area contributed by atoms with Crippen LogP contribution >= 0.6 is 0 Å². The maximum Gasteiger partial charge on any atom is 0.323 e. The molecular weight excluding hydrogens is 278 g/mol. The van der Waals surface area contributed by atoms with Crippen LogP contribution in [0.15, 0.2) is 53.3 Å². The average Bonchev–Trinajstić information content (AvgIpc) is 2.92. The number of H-pyrrole nitrogens is 2. The highest BCUT2D eigenvalue weighted by Gasteiger charge is 2.04. The molecule has 0 amide bonds. The van der Waals surface area contributed by atoms with Crippen molar-refractivity contribution in [1.82, 2.24) is 15.3 Å². The average molecular weight is 297 g/mol. The first kappa shape index (κ1) is 14.4. The van der Waals surface area contributed by atoms with Crippen LogP contribution in [0.1, 0.15) is 12.0 Å². The van der Waals surface area contributed by atoms with Crippen LogP contribution in [-0.4, -0.2) is 23.1 Å². The third kappa shape index (κ3) is 3.56. The fourth-order valence-electron chi connectivity index (χ4n) is 2.36. The fourth-order valence-corrected chi connectivity index (χ4v) is 2.36. The summed E-state index contributed by atoms with van der Waals surface area (Å²) in [4.78, 5) is 16.8. The second kappa shape index (κ2) is 6.95. The molecule has 5 nitrogen and oxygen atoms in total. The van der Waals surface area contributed by atoms with Crippen LogP contribution < -0.4 is 15.7 Å². The molecule has 0 saturated heterocycles. The Morgan fingerprint density at radius 3 is 2.73 bits per heavy atom. The smallest absolute Gasteiger partial charge is 0.323 e. The van der Waals surface area contributed by atoms with E-state index in [0.29, 0.717) is 12.4 Å². The number of aromatic amines is 2. The lowest BCUT2D eigenvalue weighted by Crippen LogP contribution is -2.17. The van der Waals surface area contributed by atoms with Crippen LogP contribution in [0.3, 0.4) is 0 Å². The Labute approximate surface area is 128 Å². The Hall–Kier alpha value is -2.53. The van der Waals surface area contributed by atoms with Crippen LogP contribution in [0.4, 0.5) is 0 Å². The summed E-state index contributed by atoms with van der Waals surface area (Å²) in [6.45, 7) is 2.35. The molecule has 3 rings (SSSR count). The lowest BCUT2D eigenvalue weighted by molar-refractivity contribution is 0.311. The summed E-state index contributed by atoms with van der Waals surface area (Å²) in [6.07, 6.45) is 0.901. The number of benzene rings is 2. The van der Waals surface area contributed by atoms with Gasteiger partial charge in [-0.15, -0.1) is 0 Å². The van der Waals surface area contributed by atoms with Gasteiger partial charge in [-0.3, -0.25) is 0 Å². The lowest BCUT2D eigenvalue weighted by Gasteiger charge is -2.08. The number of fused-ring (bicyclic) bond motifs is 1. The summed E-state index contributed by atoms with van der Waals surface area (Å²) in [5.41, 5.74) is 2.56. The van der Waals surface area contributed by atoms with Crippen molar-refractivity contribution in [2.75, 3.05) is 13.2 Å². The van der Waals surface area contributed by atoms with E-state index in [1.54, 1.807) is 0 Å². The number of nitrogens with one attached hydrogen (secondary N) is 3. The number of para-hydroxylation sites is 1. The lowest BCUT2D eigenvalue weighted by atomic mass is 10.2. The summed E-state index contributed by atoms with van der Waals surface area (Å²) in [7, 11) is 0. The second-order valence-electron chi connectivity index (χ2n) is 5.12. The molecule has 3 N–H and O–H groups in total. The Bertz CT molecular complexity index is 777. The topological polar surface area (TPSA) is 69.9 Å². The second-order valence-corrected chi connectivity index (χ2v) is 5.12. The largest absolute Gasteiger partial charge is 0.491 e. The van der Waals surface area contributed by atoms with Crippen molar-refractivity contribution in [3.8, 4) is 5.75 Å². The number of rotatable bonds is 7. The molecule has 0 spiro atoms. The third-order valence-corrected chi connectivity index (χ3v) is 3.44. The van der Waals surface area contributed by atoms with Crippen LogP contribution in [-0.2, 0) is 6.54 Å². The summed E-state index contributed by atoms with van der Waals surface area (Å²) in [5, 5.41) is 3.39. The molecule has 3 aromatic rings. The van der Waals surface area contributed by atoms with Crippen LogP contribution in [0.2, 0.25) is 0 Å². The van der Waals surface area contributed by atoms with E-state index in [1.165, 1.54) is 5.56 Å². The molecule has 0 aliphatic rings. The standard InChI is InChI=1S/C17H19N3O2/c21-17-19-14-8-4-9-15(16(14)20-17)22-11-5-10-18-12-13-6-2-1-3-7-13/h1-4,6-9,18H,5,10-12H2,(H2,19,20,21). The predicted octanol–water partition coefficient (Wildman–Crippen LogP) is 2.41. The molecule has 2 aromatic carbocycles. The third-order valence-electron chi connectivity index (χ3n) is 3.44. The van der Waals surface area contributed by atoms with Crippen molar-refractivity contribution in [3.05, 3.63) is 64.6 Å². The normalized spacial score (nSPS) is 10.9. The SMILES string of the molecule is O=c1[nH]c2cccc(OCCCNCc3ccccc3)c2[nH]1. The van der Waals surface area contributed by atoms with Crippen molar-refractivity contribution in [3.63, 3.8) is 0 Å².